The fraction of sp³-hybridized carbons (Fsp3) is 0.364. The van der Waals surface area contributed by atoms with E-state index in [0.29, 0.717) is 17.3 Å². The van der Waals surface area contributed by atoms with E-state index in [9.17, 15) is 4.79 Å². The van der Waals surface area contributed by atoms with Crippen LogP contribution in [0.5, 0.6) is 0 Å². The number of aromatic nitrogens is 7. The topological polar surface area (TPSA) is 95.5 Å². The van der Waals surface area contributed by atoms with Crippen LogP contribution in [0, 0.1) is 0 Å². The van der Waals surface area contributed by atoms with Crippen LogP contribution in [0.4, 0.5) is 5.82 Å². The van der Waals surface area contributed by atoms with E-state index in [0.717, 1.165) is 5.39 Å². The summed E-state index contributed by atoms with van der Waals surface area (Å²) in [7, 11) is 5.24. The van der Waals surface area contributed by atoms with Gasteiger partial charge in [-0.3, -0.25) is 9.25 Å². The standard InChI is InChI=1S/C11H14N8O/c1-12-9-7-4-13-18(3)10(7)16-8(15-9)5-19-11(20)17(2)6-14-19/h4,6H,5H2,1-3H3,(H,12,15,16). The SMILES string of the molecule is CNc1nc(Cn2ncn(C)c2=O)nc2c1cnn2C. The van der Waals surface area contributed by atoms with Gasteiger partial charge >= 0.3 is 5.69 Å². The lowest BCUT2D eigenvalue weighted by Gasteiger charge is -2.05. The Bertz CT molecular complexity index is 827. The molecule has 9 nitrogen and oxygen atoms in total. The minimum atomic E-state index is -0.204. The third-order valence-electron chi connectivity index (χ3n) is 3.05. The third kappa shape index (κ3) is 1.83. The van der Waals surface area contributed by atoms with Crippen LogP contribution in [-0.2, 0) is 20.6 Å². The fourth-order valence-electron chi connectivity index (χ4n) is 1.99. The van der Waals surface area contributed by atoms with E-state index in [4.69, 9.17) is 0 Å². The minimum absolute atomic E-state index is 0.204. The average molecular weight is 274 g/mol. The van der Waals surface area contributed by atoms with Crippen molar-refractivity contribution in [2.45, 2.75) is 6.54 Å². The highest BCUT2D eigenvalue weighted by molar-refractivity contribution is 5.86. The van der Waals surface area contributed by atoms with Gasteiger partial charge in [-0.2, -0.15) is 10.2 Å². The molecule has 0 unspecified atom stereocenters. The Kier molecular flexibility index (Phi) is 2.74. The molecule has 0 aliphatic rings. The first-order valence-electron chi connectivity index (χ1n) is 6.05. The molecule has 3 rings (SSSR count). The zero-order valence-electron chi connectivity index (χ0n) is 11.4. The summed E-state index contributed by atoms with van der Waals surface area (Å²) in [4.78, 5) is 20.6. The van der Waals surface area contributed by atoms with Gasteiger partial charge in [0.2, 0.25) is 0 Å². The van der Waals surface area contributed by atoms with Crippen LogP contribution in [0.2, 0.25) is 0 Å². The zero-order chi connectivity index (χ0) is 14.3. The predicted molar refractivity (Wildman–Crippen MR) is 72.4 cm³/mol. The summed E-state index contributed by atoms with van der Waals surface area (Å²) in [5, 5.41) is 12.0. The molecule has 3 aromatic rings. The van der Waals surface area contributed by atoms with Gasteiger partial charge in [-0.15, -0.1) is 0 Å². The van der Waals surface area contributed by atoms with Gasteiger partial charge in [0, 0.05) is 21.1 Å². The monoisotopic (exact) mass is 274 g/mol. The largest absolute Gasteiger partial charge is 0.372 e. The van der Waals surface area contributed by atoms with Crippen molar-refractivity contribution in [1.82, 2.24) is 34.1 Å². The van der Waals surface area contributed by atoms with Gasteiger partial charge < -0.3 is 5.32 Å². The second-order valence-electron chi connectivity index (χ2n) is 4.43. The summed E-state index contributed by atoms with van der Waals surface area (Å²) in [6, 6.07) is 0. The number of aryl methyl sites for hydroxylation is 2. The molecule has 0 spiro atoms. The molecule has 1 N–H and O–H groups in total. The van der Waals surface area contributed by atoms with Gasteiger partial charge in [-0.25, -0.2) is 19.4 Å². The molecular weight excluding hydrogens is 260 g/mol. The smallest absolute Gasteiger partial charge is 0.345 e. The molecule has 0 aliphatic heterocycles. The molecule has 104 valence electrons. The van der Waals surface area contributed by atoms with Gasteiger partial charge in [-0.1, -0.05) is 0 Å². The number of anilines is 1. The Hall–Kier alpha value is -2.71. The number of fused-ring (bicyclic) bond motifs is 1. The molecule has 0 saturated carbocycles. The highest BCUT2D eigenvalue weighted by Gasteiger charge is 2.12. The molecule has 3 heterocycles. The van der Waals surface area contributed by atoms with Crippen molar-refractivity contribution in [2.24, 2.45) is 14.1 Å². The second kappa shape index (κ2) is 4.44. The van der Waals surface area contributed by atoms with Gasteiger partial charge in [-0.05, 0) is 0 Å². The summed E-state index contributed by atoms with van der Waals surface area (Å²) in [5.41, 5.74) is 0.507. The van der Waals surface area contributed by atoms with E-state index in [-0.39, 0.29) is 12.2 Å². The first-order valence-corrected chi connectivity index (χ1v) is 6.05. The first kappa shape index (κ1) is 12.3. The number of nitrogens with zero attached hydrogens (tertiary/aromatic N) is 7. The molecule has 0 atom stereocenters. The molecule has 0 fully saturated rings. The summed E-state index contributed by atoms with van der Waals surface area (Å²) in [5.74, 6) is 1.19. The van der Waals surface area contributed by atoms with Gasteiger partial charge in [0.15, 0.2) is 11.5 Å². The summed E-state index contributed by atoms with van der Waals surface area (Å²) in [6.45, 7) is 0.218. The first-order chi connectivity index (χ1) is 9.60. The Morgan fingerprint density at radius 1 is 1.25 bits per heavy atom. The Balaban J connectivity index is 2.10. The third-order valence-corrected chi connectivity index (χ3v) is 3.05. The molecule has 0 bridgehead atoms. The lowest BCUT2D eigenvalue weighted by molar-refractivity contribution is 0.622. The molecule has 0 radical (unpaired) electrons. The lowest BCUT2D eigenvalue weighted by Crippen LogP contribution is -2.24. The summed E-state index contributed by atoms with van der Waals surface area (Å²) in [6.07, 6.45) is 3.17. The number of hydrogen-bond donors (Lipinski definition) is 1. The maximum Gasteiger partial charge on any atom is 0.345 e. The Morgan fingerprint density at radius 2 is 2.05 bits per heavy atom. The van der Waals surface area contributed by atoms with Gasteiger partial charge in [0.25, 0.3) is 0 Å². The van der Waals surface area contributed by atoms with Crippen molar-refractivity contribution in [2.75, 3.05) is 12.4 Å². The maximum atomic E-state index is 11.8. The second-order valence-corrected chi connectivity index (χ2v) is 4.43. The van der Waals surface area contributed by atoms with Crippen molar-refractivity contribution in [1.29, 1.82) is 0 Å². The molecule has 0 aliphatic carbocycles. The molecule has 0 saturated heterocycles. The zero-order valence-corrected chi connectivity index (χ0v) is 11.4. The number of hydrogen-bond acceptors (Lipinski definition) is 6. The minimum Gasteiger partial charge on any atom is -0.372 e. The molecule has 20 heavy (non-hydrogen) atoms. The van der Waals surface area contributed by atoms with Crippen LogP contribution < -0.4 is 11.0 Å². The quantitative estimate of drug-likeness (QED) is 0.682. The molecule has 9 heteroatoms. The van der Waals surface area contributed by atoms with E-state index >= 15 is 0 Å². The van der Waals surface area contributed by atoms with Crippen LogP contribution in [0.1, 0.15) is 5.82 Å². The molecule has 0 aromatic carbocycles. The predicted octanol–water partition coefficient (Wildman–Crippen LogP) is -0.651. The van der Waals surface area contributed by atoms with E-state index in [1.807, 2.05) is 7.05 Å². The van der Waals surface area contributed by atoms with Gasteiger partial charge in [0.1, 0.15) is 18.7 Å². The van der Waals surface area contributed by atoms with Gasteiger partial charge in [0.05, 0.1) is 11.6 Å². The van der Waals surface area contributed by atoms with Crippen LogP contribution in [-0.4, -0.2) is 41.1 Å². The fourth-order valence-corrected chi connectivity index (χ4v) is 1.99. The van der Waals surface area contributed by atoms with Crippen molar-refractivity contribution in [3.05, 3.63) is 28.8 Å². The Morgan fingerprint density at radius 3 is 2.70 bits per heavy atom. The van der Waals surface area contributed by atoms with Crippen LogP contribution in [0.15, 0.2) is 17.3 Å². The van der Waals surface area contributed by atoms with Crippen molar-refractivity contribution in [3.8, 4) is 0 Å². The van der Waals surface area contributed by atoms with E-state index in [1.165, 1.54) is 15.6 Å². The van der Waals surface area contributed by atoms with E-state index < -0.39 is 0 Å². The molecule has 3 aromatic heterocycles. The summed E-state index contributed by atoms with van der Waals surface area (Å²) < 4.78 is 4.39. The van der Waals surface area contributed by atoms with Crippen molar-refractivity contribution < 1.29 is 0 Å². The normalized spacial score (nSPS) is 11.2. The highest BCUT2D eigenvalue weighted by Crippen LogP contribution is 2.18. The van der Waals surface area contributed by atoms with Crippen LogP contribution in [0.3, 0.4) is 0 Å². The average Bonchev–Trinajstić information content (AvgIpc) is 2.96. The molecule has 0 amide bonds. The molecular formula is C11H14N8O. The van der Waals surface area contributed by atoms with Crippen LogP contribution >= 0.6 is 0 Å². The van der Waals surface area contributed by atoms with E-state index in [2.05, 4.69) is 25.5 Å². The Labute approximate surface area is 113 Å². The summed E-state index contributed by atoms with van der Waals surface area (Å²) >= 11 is 0. The number of nitrogens with one attached hydrogen (secondary N) is 1. The lowest BCUT2D eigenvalue weighted by atomic mass is 10.4. The van der Waals surface area contributed by atoms with Crippen LogP contribution in [0.25, 0.3) is 11.0 Å². The van der Waals surface area contributed by atoms with Crippen molar-refractivity contribution in [3.63, 3.8) is 0 Å². The highest BCUT2D eigenvalue weighted by atomic mass is 16.2. The maximum absolute atomic E-state index is 11.8. The number of rotatable bonds is 3. The van der Waals surface area contributed by atoms with Crippen molar-refractivity contribution >= 4 is 16.9 Å². The van der Waals surface area contributed by atoms with E-state index in [1.54, 1.807) is 25.0 Å².